The van der Waals surface area contributed by atoms with Gasteiger partial charge in [0.15, 0.2) is 0 Å². The molecule has 0 spiro atoms. The van der Waals surface area contributed by atoms with Gasteiger partial charge < -0.3 is 15.0 Å². The summed E-state index contributed by atoms with van der Waals surface area (Å²) in [6.45, 7) is 4.56. The van der Waals surface area contributed by atoms with Gasteiger partial charge >= 0.3 is 0 Å². The van der Waals surface area contributed by atoms with Crippen molar-refractivity contribution in [1.82, 2.24) is 4.90 Å². The first-order valence-corrected chi connectivity index (χ1v) is 7.70. The highest BCUT2D eigenvalue weighted by Crippen LogP contribution is 2.18. The maximum Gasteiger partial charge on any atom is 0.244 e. The van der Waals surface area contributed by atoms with Crippen LogP contribution in [0.1, 0.15) is 6.92 Å². The first-order chi connectivity index (χ1) is 9.20. The summed E-state index contributed by atoms with van der Waals surface area (Å²) in [5.41, 5.74) is 0.979. The molecule has 1 atom stereocenters. The second-order valence-corrected chi connectivity index (χ2v) is 5.41. The lowest BCUT2D eigenvalue weighted by Crippen LogP contribution is -2.46. The van der Waals surface area contributed by atoms with Gasteiger partial charge in [0, 0.05) is 23.7 Å². The highest BCUT2D eigenvalue weighted by Gasteiger charge is 2.22. The number of anilines is 1. The number of nitrogens with one attached hydrogen (secondary N) is 1. The summed E-state index contributed by atoms with van der Waals surface area (Å²) in [4.78, 5) is 15.3. The molecule has 0 bridgehead atoms. The van der Waals surface area contributed by atoms with Crippen molar-refractivity contribution < 1.29 is 9.53 Å². The van der Waals surface area contributed by atoms with Crippen molar-refractivity contribution in [3.05, 3.63) is 24.3 Å². The smallest absolute Gasteiger partial charge is 0.244 e. The van der Waals surface area contributed by atoms with Gasteiger partial charge in [-0.15, -0.1) is 11.8 Å². The number of thioether (sulfide) groups is 1. The van der Waals surface area contributed by atoms with Gasteiger partial charge in [0.1, 0.15) is 6.04 Å². The summed E-state index contributed by atoms with van der Waals surface area (Å²) < 4.78 is 5.26. The molecule has 1 amide bonds. The van der Waals surface area contributed by atoms with E-state index in [1.165, 1.54) is 4.90 Å². The largest absolute Gasteiger partial charge is 0.378 e. The first kappa shape index (κ1) is 14.2. The molecule has 1 unspecified atom stereocenters. The number of rotatable bonds is 4. The highest BCUT2D eigenvalue weighted by molar-refractivity contribution is 7.98. The van der Waals surface area contributed by atoms with Gasteiger partial charge in [-0.05, 0) is 37.4 Å². The maximum atomic E-state index is 12.2. The lowest BCUT2D eigenvalue weighted by atomic mass is 10.2. The van der Waals surface area contributed by atoms with Gasteiger partial charge in [-0.2, -0.15) is 0 Å². The molecule has 0 radical (unpaired) electrons. The molecule has 1 saturated heterocycles. The second kappa shape index (κ2) is 6.82. The van der Waals surface area contributed by atoms with E-state index in [1.54, 1.807) is 11.8 Å². The Bertz CT molecular complexity index is 416. The van der Waals surface area contributed by atoms with Crippen molar-refractivity contribution in [3.63, 3.8) is 0 Å². The molecule has 19 heavy (non-hydrogen) atoms. The van der Waals surface area contributed by atoms with Gasteiger partial charge in [-0.1, -0.05) is 0 Å². The van der Waals surface area contributed by atoms with Crippen LogP contribution in [0.4, 0.5) is 5.69 Å². The van der Waals surface area contributed by atoms with E-state index in [0.717, 1.165) is 5.69 Å². The number of benzene rings is 1. The Morgan fingerprint density at radius 1 is 1.32 bits per heavy atom. The average molecular weight is 280 g/mol. The number of hydrogen-bond donors (Lipinski definition) is 1. The lowest BCUT2D eigenvalue weighted by molar-refractivity contribution is -0.135. The molecule has 2 rings (SSSR count). The van der Waals surface area contributed by atoms with Crippen molar-refractivity contribution >= 4 is 23.4 Å². The number of morpholine rings is 1. The highest BCUT2D eigenvalue weighted by atomic mass is 32.2. The van der Waals surface area contributed by atoms with Crippen LogP contribution >= 0.6 is 11.8 Å². The second-order valence-electron chi connectivity index (χ2n) is 4.53. The van der Waals surface area contributed by atoms with E-state index in [4.69, 9.17) is 4.74 Å². The normalized spacial score (nSPS) is 17.1. The minimum Gasteiger partial charge on any atom is -0.378 e. The van der Waals surface area contributed by atoms with Crippen LogP contribution in [0.15, 0.2) is 29.2 Å². The summed E-state index contributed by atoms with van der Waals surface area (Å²) in [6, 6.07) is 7.92. The minimum absolute atomic E-state index is 0.136. The van der Waals surface area contributed by atoms with Crippen LogP contribution in [0.5, 0.6) is 0 Å². The lowest BCUT2D eigenvalue weighted by Gasteiger charge is -2.29. The topological polar surface area (TPSA) is 41.6 Å². The Kier molecular flexibility index (Phi) is 5.10. The average Bonchev–Trinajstić information content (AvgIpc) is 2.48. The zero-order valence-corrected chi connectivity index (χ0v) is 12.2. The number of ether oxygens (including phenoxy) is 1. The Labute approximate surface area is 118 Å². The summed E-state index contributed by atoms with van der Waals surface area (Å²) in [5, 5.41) is 3.25. The molecule has 1 fully saturated rings. The molecule has 1 aliphatic heterocycles. The molecule has 1 heterocycles. The molecule has 5 heteroatoms. The van der Waals surface area contributed by atoms with E-state index < -0.39 is 0 Å². The van der Waals surface area contributed by atoms with E-state index in [2.05, 4.69) is 17.4 Å². The molecule has 1 aromatic rings. The van der Waals surface area contributed by atoms with Crippen LogP contribution in [0.3, 0.4) is 0 Å². The molecule has 1 aliphatic rings. The van der Waals surface area contributed by atoms with Crippen LogP contribution in [0.25, 0.3) is 0 Å². The Hall–Kier alpha value is -1.20. The monoisotopic (exact) mass is 280 g/mol. The van der Waals surface area contributed by atoms with E-state index in [9.17, 15) is 4.79 Å². The predicted octanol–water partition coefficient (Wildman–Crippen LogP) is 2.07. The van der Waals surface area contributed by atoms with E-state index >= 15 is 0 Å². The fourth-order valence-electron chi connectivity index (χ4n) is 2.06. The molecule has 0 saturated carbocycles. The SMILES string of the molecule is CSc1ccc(NC(C)C(=O)N2CCOCC2)cc1. The fourth-order valence-corrected chi connectivity index (χ4v) is 2.46. The van der Waals surface area contributed by atoms with Crippen molar-refractivity contribution in [2.45, 2.75) is 17.9 Å². The Morgan fingerprint density at radius 3 is 2.53 bits per heavy atom. The number of nitrogens with zero attached hydrogens (tertiary/aromatic N) is 1. The molecule has 0 aromatic heterocycles. The third kappa shape index (κ3) is 3.88. The van der Waals surface area contributed by atoms with Crippen molar-refractivity contribution in [3.8, 4) is 0 Å². The summed E-state index contributed by atoms with van der Waals surface area (Å²) in [6.07, 6.45) is 2.05. The van der Waals surface area contributed by atoms with Gasteiger partial charge in [-0.3, -0.25) is 4.79 Å². The minimum atomic E-state index is -0.210. The Balaban J connectivity index is 1.91. The third-order valence-corrected chi connectivity index (χ3v) is 3.91. The summed E-state index contributed by atoms with van der Waals surface area (Å²) in [5.74, 6) is 0.136. The van der Waals surface area contributed by atoms with Crippen LogP contribution < -0.4 is 5.32 Å². The molecular formula is C14H20N2O2S. The standard InChI is InChI=1S/C14H20N2O2S/c1-11(14(17)16-7-9-18-10-8-16)15-12-3-5-13(19-2)6-4-12/h3-6,11,15H,7-10H2,1-2H3. The van der Waals surface area contributed by atoms with Gasteiger partial charge in [-0.25, -0.2) is 0 Å². The van der Waals surface area contributed by atoms with Crippen LogP contribution in [-0.2, 0) is 9.53 Å². The number of hydrogen-bond acceptors (Lipinski definition) is 4. The van der Waals surface area contributed by atoms with Gasteiger partial charge in [0.25, 0.3) is 0 Å². The molecule has 104 valence electrons. The number of carbonyl (C=O) groups is 1. The molecule has 1 aromatic carbocycles. The molecule has 0 aliphatic carbocycles. The first-order valence-electron chi connectivity index (χ1n) is 6.48. The summed E-state index contributed by atoms with van der Waals surface area (Å²) >= 11 is 1.71. The zero-order valence-electron chi connectivity index (χ0n) is 11.4. The molecule has 4 nitrogen and oxygen atoms in total. The fraction of sp³-hybridized carbons (Fsp3) is 0.500. The van der Waals surface area contributed by atoms with Crippen molar-refractivity contribution in [2.24, 2.45) is 0 Å². The van der Waals surface area contributed by atoms with Gasteiger partial charge in [0.05, 0.1) is 13.2 Å². The van der Waals surface area contributed by atoms with Crippen LogP contribution in [0, 0.1) is 0 Å². The quantitative estimate of drug-likeness (QED) is 0.857. The molecule has 1 N–H and O–H groups in total. The van der Waals surface area contributed by atoms with Crippen molar-refractivity contribution in [1.29, 1.82) is 0 Å². The zero-order chi connectivity index (χ0) is 13.7. The van der Waals surface area contributed by atoms with Crippen LogP contribution in [0.2, 0.25) is 0 Å². The third-order valence-electron chi connectivity index (χ3n) is 3.17. The van der Waals surface area contributed by atoms with E-state index in [0.29, 0.717) is 26.3 Å². The van der Waals surface area contributed by atoms with E-state index in [1.807, 2.05) is 30.2 Å². The van der Waals surface area contributed by atoms with Crippen molar-refractivity contribution in [2.75, 3.05) is 37.9 Å². The number of carbonyl (C=O) groups excluding carboxylic acids is 1. The summed E-state index contributed by atoms with van der Waals surface area (Å²) in [7, 11) is 0. The Morgan fingerprint density at radius 2 is 1.95 bits per heavy atom. The van der Waals surface area contributed by atoms with Crippen LogP contribution in [-0.4, -0.2) is 49.4 Å². The predicted molar refractivity (Wildman–Crippen MR) is 78.7 cm³/mol. The maximum absolute atomic E-state index is 12.2. The molecular weight excluding hydrogens is 260 g/mol. The van der Waals surface area contributed by atoms with E-state index in [-0.39, 0.29) is 11.9 Å². The van der Waals surface area contributed by atoms with Gasteiger partial charge in [0.2, 0.25) is 5.91 Å². The number of amides is 1.